The molecule has 11 heteroatoms. The van der Waals surface area contributed by atoms with E-state index in [-0.39, 0.29) is 11.8 Å². The number of nitrogens with two attached hydrogens (primary N) is 1. The molecule has 5 N–H and O–H groups in total. The Morgan fingerprint density at radius 2 is 1.72 bits per heavy atom. The Hall–Kier alpha value is -1.91. The number of alkyl halides is 1. The number of carboxylic acids is 1. The van der Waals surface area contributed by atoms with Crippen molar-refractivity contribution in [3.8, 4) is 0 Å². The molecule has 1 rings (SSSR count). The minimum absolute atomic E-state index is 0.0616. The molecule has 0 radical (unpaired) electrons. The monoisotopic (exact) mass is 574 g/mol. The van der Waals surface area contributed by atoms with Crippen LogP contribution in [-0.4, -0.2) is 93.4 Å². The van der Waals surface area contributed by atoms with Crippen molar-refractivity contribution in [2.24, 2.45) is 17.6 Å². The molecule has 0 aromatic heterocycles. The third-order valence-corrected chi connectivity index (χ3v) is 8.01. The molecule has 1 saturated heterocycles. The van der Waals surface area contributed by atoms with Gasteiger partial charge >= 0.3 is 5.97 Å². The summed E-state index contributed by atoms with van der Waals surface area (Å²) in [6.07, 6.45) is 5.61. The maximum absolute atomic E-state index is 13.7. The maximum Gasteiger partial charge on any atom is 0.326 e. The number of nitrogens with zero attached hydrogens (tertiary/aromatic N) is 2. The number of aliphatic hydroxyl groups is 1. The van der Waals surface area contributed by atoms with Gasteiger partial charge in [-0.2, -0.15) is 0 Å². The number of aliphatic carboxylic acids is 1. The number of carbonyl (C=O) groups is 4. The van der Waals surface area contributed by atoms with Crippen LogP contribution in [0.4, 0.5) is 0 Å². The molecular weight excluding hydrogens is 524 g/mol. The molecule has 1 aliphatic heterocycles. The third kappa shape index (κ3) is 10.9. The second kappa shape index (κ2) is 17.7. The van der Waals surface area contributed by atoms with Crippen LogP contribution < -0.4 is 11.1 Å². The Morgan fingerprint density at radius 1 is 1.10 bits per heavy atom. The molecule has 0 aromatic carbocycles. The summed E-state index contributed by atoms with van der Waals surface area (Å²) in [4.78, 5) is 54.6. The van der Waals surface area contributed by atoms with E-state index in [2.05, 4.69) is 5.32 Å². The molecule has 0 aromatic rings. The highest BCUT2D eigenvalue weighted by Crippen LogP contribution is 2.24. The molecule has 226 valence electrons. The van der Waals surface area contributed by atoms with Gasteiger partial charge in [-0.1, -0.05) is 59.8 Å². The number of rotatable bonds is 18. The summed E-state index contributed by atoms with van der Waals surface area (Å²) in [7, 11) is 1.52. The summed E-state index contributed by atoms with van der Waals surface area (Å²) >= 11 is 5.69. The zero-order chi connectivity index (χ0) is 29.7. The topological polar surface area (TPSA) is 153 Å². The van der Waals surface area contributed by atoms with E-state index >= 15 is 0 Å². The van der Waals surface area contributed by atoms with Crippen LogP contribution in [0.2, 0.25) is 0 Å². The van der Waals surface area contributed by atoms with Crippen molar-refractivity contribution < 1.29 is 29.4 Å². The van der Waals surface area contributed by atoms with Crippen molar-refractivity contribution >= 4 is 35.3 Å². The van der Waals surface area contributed by atoms with E-state index in [9.17, 15) is 29.4 Å². The zero-order valence-corrected chi connectivity index (χ0v) is 25.2. The maximum atomic E-state index is 13.7. The van der Waals surface area contributed by atoms with Crippen LogP contribution in [0.3, 0.4) is 0 Å². The normalized spacial score (nSPS) is 19.3. The van der Waals surface area contributed by atoms with Crippen LogP contribution in [0.5, 0.6) is 0 Å². The van der Waals surface area contributed by atoms with E-state index in [0.29, 0.717) is 44.5 Å². The fourth-order valence-electron chi connectivity index (χ4n) is 5.00. The third-order valence-electron chi connectivity index (χ3n) is 7.74. The summed E-state index contributed by atoms with van der Waals surface area (Å²) < 4.78 is 0. The number of likely N-dealkylation sites (tertiary alicyclic amines) is 1. The Kier molecular flexibility index (Phi) is 15.9. The van der Waals surface area contributed by atoms with Crippen LogP contribution in [0.25, 0.3) is 0 Å². The van der Waals surface area contributed by atoms with E-state index in [0.717, 1.165) is 32.1 Å². The SMILES string of the molecule is CCC(C)C(NC(=O)C(O)C(N)CCCCCCCCl)C(=O)N(C)C(CC(C)C)C(=O)N1CCCC1C(=O)O. The first-order valence-corrected chi connectivity index (χ1v) is 15.0. The first kappa shape index (κ1) is 35.1. The molecule has 0 aliphatic carbocycles. The Bertz CT molecular complexity index is 798. The van der Waals surface area contributed by atoms with Gasteiger partial charge < -0.3 is 31.1 Å². The molecule has 0 bridgehead atoms. The molecule has 3 amide bonds. The van der Waals surface area contributed by atoms with E-state index in [4.69, 9.17) is 17.3 Å². The van der Waals surface area contributed by atoms with E-state index in [1.54, 1.807) is 0 Å². The van der Waals surface area contributed by atoms with E-state index in [1.165, 1.54) is 16.8 Å². The van der Waals surface area contributed by atoms with E-state index < -0.39 is 54.0 Å². The molecular formula is C28H51ClN4O6. The predicted molar refractivity (Wildman–Crippen MR) is 152 cm³/mol. The van der Waals surface area contributed by atoms with Crippen molar-refractivity contribution in [1.82, 2.24) is 15.1 Å². The number of unbranched alkanes of at least 4 members (excludes halogenated alkanes) is 4. The second-order valence-corrected chi connectivity index (χ2v) is 11.7. The molecule has 0 spiro atoms. The minimum atomic E-state index is -1.47. The lowest BCUT2D eigenvalue weighted by Crippen LogP contribution is -2.59. The van der Waals surface area contributed by atoms with Gasteiger partial charge in [0, 0.05) is 25.5 Å². The van der Waals surface area contributed by atoms with Gasteiger partial charge in [-0.25, -0.2) is 4.79 Å². The highest BCUT2D eigenvalue weighted by Gasteiger charge is 2.41. The fraction of sp³-hybridized carbons (Fsp3) is 0.857. The number of carbonyl (C=O) groups excluding carboxylic acids is 3. The van der Waals surface area contributed by atoms with Gasteiger partial charge in [0.1, 0.15) is 24.2 Å². The molecule has 39 heavy (non-hydrogen) atoms. The lowest BCUT2D eigenvalue weighted by Gasteiger charge is -2.36. The smallest absolute Gasteiger partial charge is 0.326 e. The average Bonchev–Trinajstić information content (AvgIpc) is 3.40. The first-order valence-electron chi connectivity index (χ1n) is 14.5. The predicted octanol–water partition coefficient (Wildman–Crippen LogP) is 2.73. The summed E-state index contributed by atoms with van der Waals surface area (Å²) in [5, 5.41) is 22.9. The summed E-state index contributed by atoms with van der Waals surface area (Å²) in [5.41, 5.74) is 6.10. The average molecular weight is 575 g/mol. The number of halogens is 1. The van der Waals surface area contributed by atoms with Gasteiger partial charge in [0.2, 0.25) is 11.8 Å². The lowest BCUT2D eigenvalue weighted by atomic mass is 9.94. The number of carboxylic acid groups (broad SMARTS) is 1. The molecule has 1 heterocycles. The van der Waals surface area contributed by atoms with Crippen molar-refractivity contribution in [3.05, 3.63) is 0 Å². The van der Waals surface area contributed by atoms with Crippen molar-refractivity contribution in [2.45, 2.75) is 122 Å². The van der Waals surface area contributed by atoms with Crippen molar-refractivity contribution in [1.29, 1.82) is 0 Å². The van der Waals surface area contributed by atoms with Crippen LogP contribution in [-0.2, 0) is 19.2 Å². The molecule has 6 atom stereocenters. The van der Waals surface area contributed by atoms with Gasteiger partial charge in [0.05, 0.1) is 0 Å². The van der Waals surface area contributed by atoms with Crippen LogP contribution >= 0.6 is 11.6 Å². The largest absolute Gasteiger partial charge is 0.480 e. The van der Waals surface area contributed by atoms with E-state index in [1.807, 2.05) is 27.7 Å². The summed E-state index contributed by atoms with van der Waals surface area (Å²) in [6.45, 7) is 7.91. The number of hydrogen-bond donors (Lipinski definition) is 4. The minimum Gasteiger partial charge on any atom is -0.480 e. The Balaban J connectivity index is 2.97. The molecule has 10 nitrogen and oxygen atoms in total. The van der Waals surface area contributed by atoms with Gasteiger partial charge in [0.25, 0.3) is 5.91 Å². The van der Waals surface area contributed by atoms with Gasteiger partial charge in [-0.3, -0.25) is 14.4 Å². The molecule has 0 saturated carbocycles. The lowest BCUT2D eigenvalue weighted by molar-refractivity contribution is -0.153. The highest BCUT2D eigenvalue weighted by molar-refractivity contribution is 6.17. The molecule has 1 fully saturated rings. The highest BCUT2D eigenvalue weighted by atomic mass is 35.5. The van der Waals surface area contributed by atoms with Gasteiger partial charge in [-0.15, -0.1) is 11.6 Å². The van der Waals surface area contributed by atoms with Crippen LogP contribution in [0.1, 0.15) is 91.9 Å². The van der Waals surface area contributed by atoms with Crippen LogP contribution in [0.15, 0.2) is 0 Å². The van der Waals surface area contributed by atoms with Gasteiger partial charge in [0.15, 0.2) is 0 Å². The van der Waals surface area contributed by atoms with Gasteiger partial charge in [-0.05, 0) is 43.9 Å². The zero-order valence-electron chi connectivity index (χ0n) is 24.4. The quantitative estimate of drug-likeness (QED) is 0.145. The first-order chi connectivity index (χ1) is 18.4. The number of nitrogens with one attached hydrogen (secondary N) is 1. The Morgan fingerprint density at radius 3 is 2.28 bits per heavy atom. The number of amides is 3. The number of hydrogen-bond acceptors (Lipinski definition) is 6. The summed E-state index contributed by atoms with van der Waals surface area (Å²) in [6, 6.07) is -3.51. The molecule has 6 unspecified atom stereocenters. The second-order valence-electron chi connectivity index (χ2n) is 11.3. The van der Waals surface area contributed by atoms with Crippen molar-refractivity contribution in [2.75, 3.05) is 19.5 Å². The number of aliphatic hydroxyl groups excluding tert-OH is 1. The van der Waals surface area contributed by atoms with Crippen LogP contribution in [0, 0.1) is 11.8 Å². The number of likely N-dealkylation sites (N-methyl/N-ethyl adjacent to an activating group) is 1. The Labute approximate surface area is 239 Å². The summed E-state index contributed by atoms with van der Waals surface area (Å²) in [5.74, 6) is -2.20. The van der Waals surface area contributed by atoms with Crippen molar-refractivity contribution in [3.63, 3.8) is 0 Å². The molecule has 1 aliphatic rings. The standard InChI is InChI=1S/C28H51ClN4O6/c1-6-19(4)23(31-25(35)24(34)20(30)13-10-8-7-9-11-15-29)27(37)32(5)22(17-18(2)3)26(36)33-16-12-14-21(33)28(38)39/h18-24,34H,6-17,30H2,1-5H3,(H,31,35)(H,38,39). The fourth-order valence-corrected chi connectivity index (χ4v) is 5.19.